The number of anilines is 1. The Morgan fingerprint density at radius 2 is 1.80 bits per heavy atom. The van der Waals surface area contributed by atoms with Gasteiger partial charge in [0.05, 0.1) is 10.0 Å². The molecule has 20 heavy (non-hydrogen) atoms. The van der Waals surface area contributed by atoms with E-state index in [9.17, 15) is 0 Å². The highest BCUT2D eigenvalue weighted by Crippen LogP contribution is 2.41. The van der Waals surface area contributed by atoms with Crippen LogP contribution >= 0.6 is 23.2 Å². The molecule has 0 spiro atoms. The molecule has 1 fully saturated rings. The maximum atomic E-state index is 6.23. The van der Waals surface area contributed by atoms with Crippen LogP contribution in [0.15, 0.2) is 12.1 Å². The molecular weight excluding hydrogens is 293 g/mol. The Kier molecular flexibility index (Phi) is 5.09. The second kappa shape index (κ2) is 6.44. The molecule has 1 aromatic carbocycles. The van der Waals surface area contributed by atoms with E-state index >= 15 is 0 Å². The number of benzene rings is 1. The Morgan fingerprint density at radius 3 is 2.35 bits per heavy atom. The zero-order valence-corrected chi connectivity index (χ0v) is 13.8. The summed E-state index contributed by atoms with van der Waals surface area (Å²) >= 11 is 12.5. The van der Waals surface area contributed by atoms with Crippen molar-refractivity contribution in [2.45, 2.75) is 46.1 Å². The molecule has 2 rings (SSSR count). The molecule has 0 amide bonds. The summed E-state index contributed by atoms with van der Waals surface area (Å²) in [6, 6.07) is 3.39. The molecule has 0 radical (unpaired) electrons. The molecule has 112 valence electrons. The van der Waals surface area contributed by atoms with E-state index in [1.807, 2.05) is 0 Å². The maximum absolute atomic E-state index is 6.23. The van der Waals surface area contributed by atoms with E-state index < -0.39 is 0 Å². The van der Waals surface area contributed by atoms with Crippen LogP contribution in [0, 0.1) is 17.8 Å². The van der Waals surface area contributed by atoms with Gasteiger partial charge in [-0.25, -0.2) is 0 Å². The normalized spacial score (nSPS) is 26.8. The van der Waals surface area contributed by atoms with Crippen LogP contribution in [0.2, 0.25) is 10.0 Å². The van der Waals surface area contributed by atoms with Crippen LogP contribution < -0.4 is 10.5 Å². The van der Waals surface area contributed by atoms with Gasteiger partial charge in [-0.15, -0.1) is 0 Å². The van der Waals surface area contributed by atoms with Gasteiger partial charge in [0.2, 0.25) is 0 Å². The molecule has 3 unspecified atom stereocenters. The third kappa shape index (κ3) is 3.53. The zero-order valence-electron chi connectivity index (χ0n) is 12.3. The average molecular weight is 316 g/mol. The summed E-state index contributed by atoms with van der Waals surface area (Å²) in [4.78, 5) is 0. The minimum Gasteiger partial charge on any atom is -0.487 e. The number of rotatable bonds is 3. The second-order valence-electron chi connectivity index (χ2n) is 6.30. The quantitative estimate of drug-likeness (QED) is 0.756. The van der Waals surface area contributed by atoms with Crippen molar-refractivity contribution in [1.82, 2.24) is 0 Å². The van der Waals surface area contributed by atoms with Gasteiger partial charge in [0.25, 0.3) is 0 Å². The Labute approximate surface area is 131 Å². The fraction of sp³-hybridized carbons (Fsp3) is 0.625. The summed E-state index contributed by atoms with van der Waals surface area (Å²) in [5.74, 6) is 2.41. The Morgan fingerprint density at radius 1 is 1.20 bits per heavy atom. The number of nitrogen functional groups attached to an aromatic ring is 1. The van der Waals surface area contributed by atoms with Crippen molar-refractivity contribution in [3.8, 4) is 5.75 Å². The van der Waals surface area contributed by atoms with E-state index in [2.05, 4.69) is 20.8 Å². The smallest absolute Gasteiger partial charge is 0.157 e. The SMILES string of the molecule is CC1CCC(C(C)C)C(Oc2c(Cl)cc(N)cc2Cl)C1. The third-order valence-corrected chi connectivity index (χ3v) is 4.81. The van der Waals surface area contributed by atoms with E-state index in [-0.39, 0.29) is 6.10 Å². The van der Waals surface area contributed by atoms with E-state index in [0.29, 0.717) is 39.2 Å². The van der Waals surface area contributed by atoms with Crippen LogP contribution in [0.3, 0.4) is 0 Å². The van der Waals surface area contributed by atoms with Gasteiger partial charge in [-0.2, -0.15) is 0 Å². The fourth-order valence-electron chi connectivity index (χ4n) is 3.09. The number of hydrogen-bond donors (Lipinski definition) is 1. The van der Waals surface area contributed by atoms with Gasteiger partial charge in [-0.1, -0.05) is 50.4 Å². The van der Waals surface area contributed by atoms with Gasteiger partial charge in [0, 0.05) is 5.69 Å². The highest BCUT2D eigenvalue weighted by atomic mass is 35.5. The molecule has 0 heterocycles. The molecule has 4 heteroatoms. The number of hydrogen-bond acceptors (Lipinski definition) is 2. The first-order chi connectivity index (χ1) is 9.38. The summed E-state index contributed by atoms with van der Waals surface area (Å²) in [5.41, 5.74) is 6.29. The largest absolute Gasteiger partial charge is 0.487 e. The first-order valence-electron chi connectivity index (χ1n) is 7.29. The first kappa shape index (κ1) is 15.8. The lowest BCUT2D eigenvalue weighted by Gasteiger charge is -2.37. The topological polar surface area (TPSA) is 35.2 Å². The highest BCUT2D eigenvalue weighted by molar-refractivity contribution is 6.37. The summed E-state index contributed by atoms with van der Waals surface area (Å²) < 4.78 is 6.20. The lowest BCUT2D eigenvalue weighted by Crippen LogP contribution is -2.36. The first-order valence-corrected chi connectivity index (χ1v) is 8.05. The summed E-state index contributed by atoms with van der Waals surface area (Å²) in [6.07, 6.45) is 3.71. The summed E-state index contributed by atoms with van der Waals surface area (Å²) in [5, 5.41) is 0.992. The van der Waals surface area contributed by atoms with Crippen LogP contribution in [0.1, 0.15) is 40.0 Å². The van der Waals surface area contributed by atoms with E-state index in [4.69, 9.17) is 33.7 Å². The molecule has 1 aliphatic carbocycles. The molecule has 2 N–H and O–H groups in total. The number of nitrogens with two attached hydrogens (primary N) is 1. The number of ether oxygens (including phenoxy) is 1. The van der Waals surface area contributed by atoms with E-state index in [1.54, 1.807) is 12.1 Å². The fourth-order valence-corrected chi connectivity index (χ4v) is 3.69. The van der Waals surface area contributed by atoms with Crippen molar-refractivity contribution in [3.63, 3.8) is 0 Å². The molecule has 1 aromatic rings. The van der Waals surface area contributed by atoms with Gasteiger partial charge in [-0.05, 0) is 42.7 Å². The molecular formula is C16H23Cl2NO. The highest BCUT2D eigenvalue weighted by Gasteiger charge is 2.33. The lowest BCUT2D eigenvalue weighted by atomic mass is 9.75. The molecule has 0 aromatic heterocycles. The van der Waals surface area contributed by atoms with Gasteiger partial charge in [0.1, 0.15) is 6.10 Å². The molecule has 3 atom stereocenters. The maximum Gasteiger partial charge on any atom is 0.157 e. The van der Waals surface area contributed by atoms with Crippen LogP contribution in [0.25, 0.3) is 0 Å². The molecule has 0 saturated heterocycles. The van der Waals surface area contributed by atoms with Crippen molar-refractivity contribution in [1.29, 1.82) is 0 Å². The van der Waals surface area contributed by atoms with Crippen molar-refractivity contribution in [3.05, 3.63) is 22.2 Å². The lowest BCUT2D eigenvalue weighted by molar-refractivity contribution is 0.0462. The van der Waals surface area contributed by atoms with Crippen molar-refractivity contribution in [2.24, 2.45) is 17.8 Å². The van der Waals surface area contributed by atoms with Crippen molar-refractivity contribution in [2.75, 3.05) is 5.73 Å². The standard InChI is InChI=1S/C16H23Cl2NO/c1-9(2)12-5-4-10(3)6-15(12)20-16-13(17)7-11(19)8-14(16)18/h7-10,12,15H,4-6,19H2,1-3H3. The second-order valence-corrected chi connectivity index (χ2v) is 7.11. The predicted molar refractivity (Wildman–Crippen MR) is 86.6 cm³/mol. The van der Waals surface area contributed by atoms with Gasteiger partial charge >= 0.3 is 0 Å². The van der Waals surface area contributed by atoms with Crippen LogP contribution in [-0.2, 0) is 0 Å². The van der Waals surface area contributed by atoms with Crippen LogP contribution in [-0.4, -0.2) is 6.10 Å². The molecule has 1 saturated carbocycles. The van der Waals surface area contributed by atoms with Gasteiger partial charge < -0.3 is 10.5 Å². The molecule has 0 bridgehead atoms. The third-order valence-electron chi connectivity index (χ3n) is 4.25. The van der Waals surface area contributed by atoms with Gasteiger partial charge in [-0.3, -0.25) is 0 Å². The summed E-state index contributed by atoms with van der Waals surface area (Å²) in [6.45, 7) is 6.78. The minimum atomic E-state index is 0.178. The molecule has 2 nitrogen and oxygen atoms in total. The summed E-state index contributed by atoms with van der Waals surface area (Å²) in [7, 11) is 0. The van der Waals surface area contributed by atoms with Crippen molar-refractivity contribution < 1.29 is 4.74 Å². The van der Waals surface area contributed by atoms with Crippen LogP contribution in [0.5, 0.6) is 5.75 Å². The van der Waals surface area contributed by atoms with E-state index in [1.165, 1.54) is 12.8 Å². The Balaban J connectivity index is 2.22. The monoisotopic (exact) mass is 315 g/mol. The number of halogens is 2. The average Bonchev–Trinajstić information content (AvgIpc) is 2.33. The minimum absolute atomic E-state index is 0.178. The Bertz CT molecular complexity index is 453. The van der Waals surface area contributed by atoms with Gasteiger partial charge in [0.15, 0.2) is 5.75 Å². The molecule has 0 aliphatic heterocycles. The van der Waals surface area contributed by atoms with Crippen LogP contribution in [0.4, 0.5) is 5.69 Å². The van der Waals surface area contributed by atoms with Crippen molar-refractivity contribution >= 4 is 28.9 Å². The molecule has 1 aliphatic rings. The predicted octanol–water partition coefficient (Wildman–Crippen LogP) is 5.42. The van der Waals surface area contributed by atoms with E-state index in [0.717, 1.165) is 6.42 Å². The zero-order chi connectivity index (χ0) is 14.9. The Hall–Kier alpha value is -0.600.